The molecule has 5 rings (SSSR count). The van der Waals surface area contributed by atoms with Gasteiger partial charge < -0.3 is 20.1 Å². The van der Waals surface area contributed by atoms with Crippen LogP contribution < -0.4 is 5.32 Å². The smallest absolute Gasteiger partial charge is 0.407 e. The highest BCUT2D eigenvalue weighted by molar-refractivity contribution is 5.79. The van der Waals surface area contributed by atoms with E-state index in [1.807, 2.05) is 24.3 Å². The highest BCUT2D eigenvalue weighted by Crippen LogP contribution is 2.44. The molecular formula is C27H30N2O5. The lowest BCUT2D eigenvalue weighted by Gasteiger charge is -2.43. The van der Waals surface area contributed by atoms with E-state index < -0.39 is 18.0 Å². The van der Waals surface area contributed by atoms with E-state index in [1.54, 1.807) is 11.8 Å². The number of hydrogen-bond donors (Lipinski definition) is 2. The largest absolute Gasteiger partial charge is 0.481 e. The molecule has 2 aromatic carbocycles. The van der Waals surface area contributed by atoms with Crippen molar-refractivity contribution in [3.8, 4) is 11.1 Å². The first-order valence-electron chi connectivity index (χ1n) is 12.0. The van der Waals surface area contributed by atoms with Crippen LogP contribution in [0.3, 0.4) is 0 Å². The molecule has 0 bridgehead atoms. The Morgan fingerprint density at radius 1 is 1.03 bits per heavy atom. The summed E-state index contributed by atoms with van der Waals surface area (Å²) in [4.78, 5) is 37.6. The van der Waals surface area contributed by atoms with E-state index in [0.717, 1.165) is 12.8 Å². The molecular weight excluding hydrogens is 432 g/mol. The van der Waals surface area contributed by atoms with Gasteiger partial charge in [-0.25, -0.2) is 4.79 Å². The number of ether oxygens (including phenoxy) is 1. The first kappa shape index (κ1) is 22.4. The Bertz CT molecular complexity index is 1060. The number of carboxylic acid groups (broad SMARTS) is 1. The van der Waals surface area contributed by atoms with E-state index in [2.05, 4.69) is 29.6 Å². The molecule has 2 amide bonds. The van der Waals surface area contributed by atoms with E-state index >= 15 is 0 Å². The molecule has 1 saturated heterocycles. The molecule has 2 aliphatic carbocycles. The number of hydrogen-bond acceptors (Lipinski definition) is 4. The van der Waals surface area contributed by atoms with Crippen LogP contribution in [0.15, 0.2) is 48.5 Å². The number of rotatable bonds is 7. The van der Waals surface area contributed by atoms with Crippen LogP contribution in [0.2, 0.25) is 0 Å². The van der Waals surface area contributed by atoms with E-state index in [1.165, 1.54) is 22.3 Å². The molecule has 1 heterocycles. The minimum atomic E-state index is -0.807. The molecule has 0 spiro atoms. The first-order valence-corrected chi connectivity index (χ1v) is 12.0. The maximum absolute atomic E-state index is 12.4. The Morgan fingerprint density at radius 2 is 1.62 bits per heavy atom. The number of carbonyl (C=O) groups excluding carboxylic acids is 2. The summed E-state index contributed by atoms with van der Waals surface area (Å²) >= 11 is 0. The van der Waals surface area contributed by atoms with E-state index in [0.29, 0.717) is 26.1 Å². The molecule has 3 aliphatic rings. The molecule has 0 aromatic heterocycles. The Morgan fingerprint density at radius 3 is 2.21 bits per heavy atom. The van der Waals surface area contributed by atoms with Crippen LogP contribution in [0, 0.1) is 17.8 Å². The lowest BCUT2D eigenvalue weighted by Crippen LogP contribution is -2.54. The maximum Gasteiger partial charge on any atom is 0.407 e. The monoisotopic (exact) mass is 462 g/mol. The van der Waals surface area contributed by atoms with Crippen molar-refractivity contribution < 1.29 is 24.2 Å². The van der Waals surface area contributed by atoms with Crippen LogP contribution in [0.5, 0.6) is 0 Å². The third-order valence-electron chi connectivity index (χ3n) is 7.72. The summed E-state index contributed by atoms with van der Waals surface area (Å²) in [5.41, 5.74) is 4.77. The quantitative estimate of drug-likeness (QED) is 0.651. The number of alkyl carbamates (subject to hydrolysis) is 1. The zero-order valence-corrected chi connectivity index (χ0v) is 19.3. The summed E-state index contributed by atoms with van der Waals surface area (Å²) in [6.07, 6.45) is 1.57. The van der Waals surface area contributed by atoms with Gasteiger partial charge in [0, 0.05) is 37.4 Å². The van der Waals surface area contributed by atoms with Gasteiger partial charge in [-0.3, -0.25) is 9.59 Å². The minimum Gasteiger partial charge on any atom is -0.481 e. The predicted octanol–water partition coefficient (Wildman–Crippen LogP) is 3.87. The van der Waals surface area contributed by atoms with Crippen molar-refractivity contribution in [1.82, 2.24) is 10.2 Å². The third kappa shape index (κ3) is 4.27. The second kappa shape index (κ2) is 9.12. The molecule has 7 nitrogen and oxygen atoms in total. The van der Waals surface area contributed by atoms with Crippen LogP contribution in [0.25, 0.3) is 11.1 Å². The number of likely N-dealkylation sites (tertiary alicyclic amines) is 1. The highest BCUT2D eigenvalue weighted by atomic mass is 16.5. The van der Waals surface area contributed by atoms with Crippen molar-refractivity contribution in [2.24, 2.45) is 17.8 Å². The van der Waals surface area contributed by atoms with Crippen LogP contribution >= 0.6 is 0 Å². The number of carboxylic acids is 1. The molecule has 1 aliphatic heterocycles. The fourth-order valence-electron chi connectivity index (χ4n) is 5.44. The second-order valence-electron chi connectivity index (χ2n) is 9.89. The number of fused-ring (bicyclic) bond motifs is 3. The van der Waals surface area contributed by atoms with Gasteiger partial charge in [-0.2, -0.15) is 0 Å². The van der Waals surface area contributed by atoms with Crippen molar-refractivity contribution in [2.75, 3.05) is 19.7 Å². The SMILES string of the molecule is CC(C(=O)O)C1CN(C(=O)CC2CC(NC(=O)OCC3c4ccccc4-c4ccccc43)C2)C1. The van der Waals surface area contributed by atoms with Crippen molar-refractivity contribution in [3.63, 3.8) is 0 Å². The molecule has 1 atom stereocenters. The molecule has 2 fully saturated rings. The van der Waals surface area contributed by atoms with Gasteiger partial charge >= 0.3 is 12.1 Å². The van der Waals surface area contributed by atoms with Crippen LogP contribution in [-0.4, -0.2) is 53.7 Å². The predicted molar refractivity (Wildman–Crippen MR) is 126 cm³/mol. The Hall–Kier alpha value is -3.35. The van der Waals surface area contributed by atoms with Gasteiger partial charge in [0.05, 0.1) is 5.92 Å². The number of carbonyl (C=O) groups is 3. The summed E-state index contributed by atoms with van der Waals surface area (Å²) < 4.78 is 5.61. The number of aliphatic carboxylic acids is 1. The van der Waals surface area contributed by atoms with Gasteiger partial charge in [0.25, 0.3) is 0 Å². The summed E-state index contributed by atoms with van der Waals surface area (Å²) in [5.74, 6) is -0.808. The molecule has 178 valence electrons. The lowest BCUT2D eigenvalue weighted by atomic mass is 9.77. The van der Waals surface area contributed by atoms with Crippen molar-refractivity contribution in [3.05, 3.63) is 59.7 Å². The van der Waals surface area contributed by atoms with Crippen LogP contribution in [0.4, 0.5) is 4.79 Å². The van der Waals surface area contributed by atoms with Crippen molar-refractivity contribution in [1.29, 1.82) is 0 Å². The summed E-state index contributed by atoms with van der Waals surface area (Å²) in [6.45, 7) is 3.04. The molecule has 1 unspecified atom stereocenters. The van der Waals surface area contributed by atoms with Crippen molar-refractivity contribution >= 4 is 18.0 Å². The average molecular weight is 463 g/mol. The fraction of sp³-hybridized carbons (Fsp3) is 0.444. The minimum absolute atomic E-state index is 0.0321. The van der Waals surface area contributed by atoms with Gasteiger partial charge in [0.2, 0.25) is 5.91 Å². The molecule has 0 radical (unpaired) electrons. The van der Waals surface area contributed by atoms with Gasteiger partial charge in [-0.1, -0.05) is 55.5 Å². The van der Waals surface area contributed by atoms with Crippen LogP contribution in [0.1, 0.15) is 43.2 Å². The topological polar surface area (TPSA) is 95.9 Å². The van der Waals surface area contributed by atoms with Gasteiger partial charge in [0.15, 0.2) is 0 Å². The van der Waals surface area contributed by atoms with E-state index in [-0.39, 0.29) is 29.7 Å². The summed E-state index contributed by atoms with van der Waals surface area (Å²) in [6, 6.07) is 16.5. The summed E-state index contributed by atoms with van der Waals surface area (Å²) in [7, 11) is 0. The molecule has 1 saturated carbocycles. The fourth-order valence-corrected chi connectivity index (χ4v) is 5.44. The summed E-state index contributed by atoms with van der Waals surface area (Å²) in [5, 5.41) is 12.0. The molecule has 2 N–H and O–H groups in total. The second-order valence-corrected chi connectivity index (χ2v) is 9.89. The number of amides is 2. The van der Waals surface area contributed by atoms with E-state index in [4.69, 9.17) is 9.84 Å². The Balaban J connectivity index is 1.04. The van der Waals surface area contributed by atoms with Crippen LogP contribution in [-0.2, 0) is 14.3 Å². The van der Waals surface area contributed by atoms with Gasteiger partial charge in [-0.05, 0) is 41.0 Å². The molecule has 2 aromatic rings. The number of nitrogens with zero attached hydrogens (tertiary/aromatic N) is 1. The van der Waals surface area contributed by atoms with Crippen molar-refractivity contribution in [2.45, 2.75) is 38.1 Å². The normalized spacial score (nSPS) is 22.1. The van der Waals surface area contributed by atoms with Gasteiger partial charge in [-0.15, -0.1) is 0 Å². The number of nitrogens with one attached hydrogen (secondary N) is 1. The Labute approximate surface area is 199 Å². The standard InChI is InChI=1S/C27H30N2O5/c1-16(26(31)32)18-13-29(14-18)25(30)12-17-10-19(11-17)28-27(33)34-15-24-22-8-4-2-6-20(22)21-7-3-5-9-23(21)24/h2-9,16-19,24H,10-15H2,1H3,(H,28,33)(H,31,32). The maximum atomic E-state index is 12.4. The van der Waals surface area contributed by atoms with Gasteiger partial charge in [0.1, 0.15) is 6.61 Å². The first-order chi connectivity index (χ1) is 16.4. The number of benzene rings is 2. The van der Waals surface area contributed by atoms with E-state index in [9.17, 15) is 14.4 Å². The lowest BCUT2D eigenvalue weighted by molar-refractivity contribution is -0.151. The highest BCUT2D eigenvalue weighted by Gasteiger charge is 2.39. The molecule has 34 heavy (non-hydrogen) atoms. The zero-order chi connectivity index (χ0) is 23.8. The zero-order valence-electron chi connectivity index (χ0n) is 19.3. The third-order valence-corrected chi connectivity index (χ3v) is 7.72. The molecule has 7 heteroatoms. The Kier molecular flexibility index (Phi) is 6.02. The average Bonchev–Trinajstić information content (AvgIpc) is 3.09.